The lowest BCUT2D eigenvalue weighted by Crippen LogP contribution is -2.38. The zero-order chi connectivity index (χ0) is 105. The minimum Gasteiger partial charge on any atom is -0.382 e. The molecule has 0 spiro atoms. The first kappa shape index (κ1) is 107. The molecule has 776 valence electrons. The first-order valence-electron chi connectivity index (χ1n) is 50.6. The SMILES string of the molecule is CC(C)(C)OCCC(=O)Nc1nc2ccc(Cl)nc2n1-c1ccc(F)cn1.CC[C@H](C)CC(=O)Nc1nc2ccc(C)nc2n1C1CCC1.COC(C)CCC(=O)Nc1nc2ccc(C)nc2n1C1CCC1.Cc1ccc2nc(NC(=O)CC3CC(C)(F)C3)n(C3CCC3)c2n1.Cc1ccc2nc(NC(=O)CCc3cccs3)n(C3CCC3)c2n1.O=C(CCc1ccccc1)Nc1nc2ccc(Cl)nc2n1-c1ccc(F)cn1. The first-order chi connectivity index (χ1) is 71.1. The van der Waals surface area contributed by atoms with Crippen LogP contribution in [-0.2, 0) is 51.1 Å². The first-order valence-corrected chi connectivity index (χ1v) is 52.2. The number of rotatable bonds is 30. The molecule has 15 aromatic heterocycles. The second-order valence-electron chi connectivity index (χ2n) is 39.7. The average molecular weight is 2080 g/mol. The zero-order valence-corrected chi connectivity index (χ0v) is 87.6. The van der Waals surface area contributed by atoms with Crippen molar-refractivity contribution < 1.29 is 51.4 Å². The summed E-state index contributed by atoms with van der Waals surface area (Å²) >= 11 is 13.7. The van der Waals surface area contributed by atoms with E-state index in [1.165, 1.54) is 59.4 Å². The zero-order valence-electron chi connectivity index (χ0n) is 85.2. The molecule has 34 nitrogen and oxygen atoms in total. The van der Waals surface area contributed by atoms with Gasteiger partial charge < -0.3 is 9.47 Å². The molecule has 0 radical (unpaired) electrons. The number of ether oxygens (including phenoxy) is 2. The van der Waals surface area contributed by atoms with E-state index in [4.69, 9.17) is 32.7 Å². The summed E-state index contributed by atoms with van der Waals surface area (Å²) in [6.07, 6.45) is 22.3. The summed E-state index contributed by atoms with van der Waals surface area (Å²) in [6.45, 7) is 21.7. The minimum absolute atomic E-state index is 0.0102. The van der Waals surface area contributed by atoms with Crippen LogP contribution in [0.25, 0.3) is 78.6 Å². The summed E-state index contributed by atoms with van der Waals surface area (Å²) in [6, 6.07) is 43.2. The highest BCUT2D eigenvalue weighted by atomic mass is 35.5. The number of nitrogens with zero attached hydrogens (tertiary/aromatic N) is 20. The van der Waals surface area contributed by atoms with Gasteiger partial charge in [-0.25, -0.2) is 92.1 Å². The molecule has 0 aliphatic heterocycles. The number of anilines is 6. The quantitative estimate of drug-likeness (QED) is 0.0228. The number of aromatic nitrogens is 20. The van der Waals surface area contributed by atoms with Crippen LogP contribution in [0.4, 0.5) is 48.9 Å². The predicted molar refractivity (Wildman–Crippen MR) is 570 cm³/mol. The predicted octanol–water partition coefficient (Wildman–Crippen LogP) is 23.0. The smallest absolute Gasteiger partial charge is 0.229 e. The third-order valence-corrected chi connectivity index (χ3v) is 28.0. The van der Waals surface area contributed by atoms with Crippen molar-refractivity contribution in [3.05, 3.63) is 212 Å². The number of carbonyl (C=O) groups excluding carboxylic acids is 6. The lowest BCUT2D eigenvalue weighted by molar-refractivity contribution is -0.119. The van der Waals surface area contributed by atoms with Crippen LogP contribution >= 0.6 is 34.5 Å². The topological polar surface area (TPSA) is 403 Å². The van der Waals surface area contributed by atoms with Gasteiger partial charge in [0, 0.05) is 91.0 Å². The van der Waals surface area contributed by atoms with Crippen LogP contribution in [0, 0.1) is 51.2 Å². The van der Waals surface area contributed by atoms with Crippen LogP contribution in [0.3, 0.4) is 0 Å². The van der Waals surface area contributed by atoms with Crippen molar-refractivity contribution in [1.29, 1.82) is 0 Å². The fourth-order valence-electron chi connectivity index (χ4n) is 17.7. The number of amides is 6. The van der Waals surface area contributed by atoms with Crippen molar-refractivity contribution in [3.63, 3.8) is 0 Å². The molecule has 6 amide bonds. The standard InChI is InChI=1S/C20H15ClFN5O.C18H19ClFN5O2.C18H23FN4O.C18H20N4OS.C17H24N4O2.C17H24N4O/c21-16-9-8-15-19(25-16)27(17-10-7-14(22)12-23-17)20(24-15)26-18(28)11-6-13-4-2-1-3-5-13;1-18(2,3)27-9-8-15(26)24-17-22-12-5-6-13(19)23-16(12)25(17)14-7-4-11(20)10-21-14;1-11-6-7-14-16(20-11)23(13-4-3-5-13)17(21-14)22-15(24)8-12-9-18(2,19)10-12;1-12-7-9-15-17(19-12)22(13-4-2-5-13)18(20-15)21-16(23)10-8-14-6-3-11-24-14;1-11-7-9-14-16(18-11)21(13-5-4-6-13)17(19-14)20-15(22)10-8-12(2)23-3;1-4-11(2)10-15(22)20-17-19-14-9-8-12(3)18-16(14)21(17)13-6-5-7-13/h1-5,7-10,12H,6,11H2,(H,24,26,28);4-7,10H,8-9H2,1-3H3,(H,22,24,26);6-7,12-13H,3-5,8-10H2,1-2H3,(H,21,22,24);3,6-7,9,11,13H,2,4-5,8,10H2,1H3,(H,20,21,23);7,9,12-13H,4-6,8,10H2,1-3H3,(H,19,20,22);8-9,11,13H,4-7,10H2,1-3H3,(H,19,20,22)/t;;;;;11-/m.....0/s1. The molecule has 21 rings (SSSR count). The molecule has 6 N–H and O–H groups in total. The maximum Gasteiger partial charge on any atom is 0.229 e. The molecule has 40 heteroatoms. The van der Waals surface area contributed by atoms with Crippen molar-refractivity contribution in [2.45, 2.75) is 272 Å². The van der Waals surface area contributed by atoms with Crippen LogP contribution in [0.2, 0.25) is 10.3 Å². The van der Waals surface area contributed by atoms with E-state index in [2.05, 4.69) is 140 Å². The molecule has 5 aliphatic carbocycles. The fraction of sp³-hybridized carbons (Fsp3) is 0.426. The number of thiophene rings is 1. The molecule has 1 aromatic carbocycles. The second kappa shape index (κ2) is 48.4. The van der Waals surface area contributed by atoms with E-state index in [9.17, 15) is 41.9 Å². The summed E-state index contributed by atoms with van der Waals surface area (Å²) < 4.78 is 62.3. The van der Waals surface area contributed by atoms with Crippen LogP contribution in [-0.4, -0.2) is 164 Å². The number of alkyl halides is 1. The Hall–Kier alpha value is -14.0. The van der Waals surface area contributed by atoms with E-state index in [0.717, 1.165) is 150 Å². The molecule has 1 unspecified atom stereocenters. The molecule has 5 saturated carbocycles. The van der Waals surface area contributed by atoms with Crippen molar-refractivity contribution in [2.24, 2.45) is 11.8 Å². The van der Waals surface area contributed by atoms with Gasteiger partial charge in [-0.3, -0.25) is 78.9 Å². The van der Waals surface area contributed by atoms with Crippen LogP contribution in [0.1, 0.15) is 247 Å². The highest BCUT2D eigenvalue weighted by Crippen LogP contribution is 2.45. The Morgan fingerprint density at radius 1 is 0.446 bits per heavy atom. The monoisotopic (exact) mass is 2070 g/mol. The van der Waals surface area contributed by atoms with Gasteiger partial charge in [-0.15, -0.1) is 11.3 Å². The molecule has 5 aliphatic rings. The normalized spacial score (nSPS) is 15.9. The van der Waals surface area contributed by atoms with E-state index in [0.29, 0.717) is 139 Å². The number of fused-ring (bicyclic) bond motifs is 6. The molecule has 148 heavy (non-hydrogen) atoms. The Bertz CT molecular complexity index is 7370. The lowest BCUT2D eigenvalue weighted by atomic mass is 9.72. The largest absolute Gasteiger partial charge is 0.382 e. The number of pyridine rings is 8. The molecule has 0 bridgehead atoms. The van der Waals surface area contributed by atoms with Gasteiger partial charge in [-0.1, -0.05) is 79.9 Å². The summed E-state index contributed by atoms with van der Waals surface area (Å²) in [5.74, 6) is 2.78. The van der Waals surface area contributed by atoms with Gasteiger partial charge in [-0.05, 0) is 297 Å². The maximum absolute atomic E-state index is 13.6. The Balaban J connectivity index is 0.000000127. The molecular formula is C108H125Cl2F3N26O8S. The van der Waals surface area contributed by atoms with Crippen LogP contribution < -0.4 is 31.9 Å². The molecular weight excluding hydrogens is 1950 g/mol. The Morgan fingerprint density at radius 3 is 1.18 bits per heavy atom. The van der Waals surface area contributed by atoms with Crippen LogP contribution in [0.15, 0.2) is 157 Å². The van der Waals surface area contributed by atoms with E-state index >= 15 is 0 Å². The molecule has 0 saturated heterocycles. The molecule has 15 heterocycles. The van der Waals surface area contributed by atoms with Crippen molar-refractivity contribution in [3.8, 4) is 11.6 Å². The Labute approximate surface area is 869 Å². The number of nitrogens with one attached hydrogen (secondary N) is 6. The number of carbonyl (C=O) groups is 6. The average Bonchev–Trinajstić information content (AvgIpc) is 1.63. The van der Waals surface area contributed by atoms with Crippen LogP contribution in [0.5, 0.6) is 0 Å². The summed E-state index contributed by atoms with van der Waals surface area (Å²) in [7, 11) is 1.66. The number of hydrogen-bond acceptors (Lipinski definition) is 23. The van der Waals surface area contributed by atoms with E-state index in [1.54, 1.807) is 54.2 Å². The van der Waals surface area contributed by atoms with Gasteiger partial charge in [0.2, 0.25) is 71.1 Å². The molecule has 5 fully saturated rings. The number of halogens is 5. The Morgan fingerprint density at radius 2 is 0.818 bits per heavy atom. The third kappa shape index (κ3) is 27.5. The number of benzene rings is 1. The van der Waals surface area contributed by atoms with Gasteiger partial charge in [-0.2, -0.15) is 0 Å². The van der Waals surface area contributed by atoms with Crippen molar-refractivity contribution in [2.75, 3.05) is 45.6 Å². The highest BCUT2D eigenvalue weighted by molar-refractivity contribution is 7.09. The van der Waals surface area contributed by atoms with Gasteiger partial charge in [0.25, 0.3) is 0 Å². The minimum atomic E-state index is -1.09. The van der Waals surface area contributed by atoms with Crippen molar-refractivity contribution >= 4 is 173 Å². The molecule has 2 atom stereocenters. The number of aryl methyl sites for hydroxylation is 6. The third-order valence-electron chi connectivity index (χ3n) is 26.6. The van der Waals surface area contributed by atoms with E-state index in [1.807, 2.05) is 146 Å². The fourth-order valence-corrected chi connectivity index (χ4v) is 18.7. The van der Waals surface area contributed by atoms with Gasteiger partial charge in [0.15, 0.2) is 33.9 Å². The van der Waals surface area contributed by atoms with E-state index < -0.39 is 17.3 Å². The number of hydrogen-bond donors (Lipinski definition) is 6. The summed E-state index contributed by atoms with van der Waals surface area (Å²) in [5, 5.41) is 20.0. The highest BCUT2D eigenvalue weighted by Gasteiger charge is 2.42. The van der Waals surface area contributed by atoms with Gasteiger partial charge in [0.05, 0.1) is 37.1 Å². The maximum atomic E-state index is 13.6. The number of methoxy groups -OCH3 is 1. The van der Waals surface area contributed by atoms with Gasteiger partial charge >= 0.3 is 0 Å². The van der Waals surface area contributed by atoms with E-state index in [-0.39, 0.29) is 94.7 Å². The summed E-state index contributed by atoms with van der Waals surface area (Å²) in [4.78, 5) is 137. The lowest BCUT2D eigenvalue weighted by Gasteiger charge is -2.38. The Kier molecular flexibility index (Phi) is 34.9. The van der Waals surface area contributed by atoms with Crippen molar-refractivity contribution in [1.82, 2.24) is 97.2 Å². The second-order valence-corrected chi connectivity index (χ2v) is 41.5. The van der Waals surface area contributed by atoms with Gasteiger partial charge in [0.1, 0.15) is 72.3 Å². The molecule has 16 aromatic rings. The number of imidazole rings is 6. The summed E-state index contributed by atoms with van der Waals surface area (Å²) in [5.41, 5.74) is 12.2.